The fourth-order valence-corrected chi connectivity index (χ4v) is 12.4. The molecule has 38 nitrogen and oxygen atoms in total. The third-order valence-corrected chi connectivity index (χ3v) is 19.2. The minimum atomic E-state index is -4.36. The summed E-state index contributed by atoms with van der Waals surface area (Å²) in [5.74, 6) is -5.28. The fourth-order valence-electron chi connectivity index (χ4n) is 9.42. The molecule has 2 heterocycles. The van der Waals surface area contributed by atoms with Crippen LogP contribution in [0.25, 0.3) is 0 Å². The summed E-state index contributed by atoms with van der Waals surface area (Å²) >= 11 is 0. The molecule has 0 saturated heterocycles. The number of nitrogens with zero attached hydrogens (tertiary/aromatic N) is 6. The normalized spacial score (nSPS) is 12.1. The van der Waals surface area contributed by atoms with Crippen LogP contribution in [0.1, 0.15) is 139 Å². The van der Waals surface area contributed by atoms with Gasteiger partial charge in [0.2, 0.25) is 11.5 Å². The van der Waals surface area contributed by atoms with Gasteiger partial charge in [0, 0.05) is 67.9 Å². The van der Waals surface area contributed by atoms with Crippen LogP contribution in [0.5, 0.6) is 46.0 Å². The number of aromatic nitrogens is 6. The van der Waals surface area contributed by atoms with Gasteiger partial charge in [-0.15, -0.1) is 10.2 Å². The molecular formula is C61H91N9O29S6. The van der Waals surface area contributed by atoms with Crippen LogP contribution in [0.15, 0.2) is 54.9 Å². The third kappa shape index (κ3) is 38.4. The smallest absolute Gasteiger partial charge is 0.264 e. The van der Waals surface area contributed by atoms with Gasteiger partial charge in [-0.05, 0) is 139 Å². The molecule has 0 bridgehead atoms. The Kier molecular flexibility index (Phi) is 36.6. The van der Waals surface area contributed by atoms with Gasteiger partial charge in [0.1, 0.15) is 11.5 Å². The summed E-state index contributed by atoms with van der Waals surface area (Å²) in [7, 11) is -26.0. The summed E-state index contributed by atoms with van der Waals surface area (Å²) in [6, 6.07) is 10.1. The lowest BCUT2D eigenvalue weighted by molar-refractivity contribution is 0.0943. The Balaban J connectivity index is 1.08. The van der Waals surface area contributed by atoms with Crippen LogP contribution in [0.2, 0.25) is 0 Å². The van der Waals surface area contributed by atoms with Crippen molar-refractivity contribution in [1.82, 2.24) is 45.9 Å². The topological polar surface area (TPSA) is 549 Å². The first kappa shape index (κ1) is 87.8. The van der Waals surface area contributed by atoms with E-state index in [1.54, 1.807) is 40.0 Å². The van der Waals surface area contributed by atoms with Crippen LogP contribution in [0.4, 0.5) is 0 Å². The fraction of sp³-hybridized carbons (Fsp3) is 0.590. The number of carbonyl (C=O) groups is 3. The highest BCUT2D eigenvalue weighted by atomic mass is 32.2. The molecule has 0 spiro atoms. The maximum Gasteiger partial charge on any atom is 0.264 e. The molecule has 5 aromatic rings. The van der Waals surface area contributed by atoms with E-state index in [-0.39, 0.29) is 149 Å². The van der Waals surface area contributed by atoms with E-state index >= 15 is 0 Å². The average Bonchev–Trinajstić information content (AvgIpc) is 1.62. The summed E-state index contributed by atoms with van der Waals surface area (Å²) in [4.78, 5) is 40.2. The predicted molar refractivity (Wildman–Crippen MR) is 377 cm³/mol. The Hall–Kier alpha value is -7.79. The lowest BCUT2D eigenvalue weighted by Crippen LogP contribution is -2.25. The summed E-state index contributed by atoms with van der Waals surface area (Å²) in [6.07, 6.45) is 7.91. The molecule has 0 unspecified atom stereocenters. The summed E-state index contributed by atoms with van der Waals surface area (Å²) in [5.41, 5.74) is 1.73. The quantitative estimate of drug-likeness (QED) is 0.0197. The molecule has 9 N–H and O–H groups in total. The van der Waals surface area contributed by atoms with Gasteiger partial charge in [0.05, 0.1) is 98.8 Å². The summed E-state index contributed by atoms with van der Waals surface area (Å²) in [6.45, 7) is 2.35. The first-order valence-corrected chi connectivity index (χ1v) is 43.0. The first-order chi connectivity index (χ1) is 49.5. The monoisotopic (exact) mass is 1610 g/mol. The maximum atomic E-state index is 13.5. The van der Waals surface area contributed by atoms with Gasteiger partial charge in [-0.2, -0.15) is 50.5 Å². The second-order valence-corrected chi connectivity index (χ2v) is 33.0. The number of hydrogen-bond donors (Lipinski definition) is 9. The molecule has 0 saturated carbocycles. The highest BCUT2D eigenvalue weighted by molar-refractivity contribution is 7.86. The van der Waals surface area contributed by atoms with Gasteiger partial charge in [0.15, 0.2) is 23.0 Å². The lowest BCUT2D eigenvalue weighted by Gasteiger charge is -2.19. The summed E-state index contributed by atoms with van der Waals surface area (Å²) in [5, 5.41) is 25.4. The molecule has 2 aromatic heterocycles. The second-order valence-electron chi connectivity index (χ2n) is 23.6. The largest absolute Gasteiger partial charge is 0.493 e. The second kappa shape index (κ2) is 43.7. The van der Waals surface area contributed by atoms with Crippen molar-refractivity contribution in [3.8, 4) is 46.0 Å². The van der Waals surface area contributed by atoms with E-state index in [0.29, 0.717) is 113 Å². The zero-order chi connectivity index (χ0) is 77.1. The maximum absolute atomic E-state index is 13.5. The van der Waals surface area contributed by atoms with Gasteiger partial charge in [-0.25, -0.2) is 0 Å². The van der Waals surface area contributed by atoms with Crippen LogP contribution in [-0.4, -0.2) is 233 Å². The Morgan fingerprint density at radius 3 is 0.971 bits per heavy atom. The number of carbonyl (C=O) groups excluding carboxylic acids is 3. The minimum Gasteiger partial charge on any atom is -0.493 e. The number of unbranched alkanes of at least 4 members (excludes halogenated alkanes) is 3. The molecule has 3 aromatic carbocycles. The van der Waals surface area contributed by atoms with Crippen LogP contribution in [0, 0.1) is 0 Å². The highest BCUT2D eigenvalue weighted by Crippen LogP contribution is 2.41. The molecular weight excluding hydrogens is 1520 g/mol. The zero-order valence-corrected chi connectivity index (χ0v) is 62.5. The van der Waals surface area contributed by atoms with Gasteiger partial charge in [-0.3, -0.25) is 51.1 Å². The van der Waals surface area contributed by atoms with E-state index < -0.39 is 107 Å². The predicted octanol–water partition coefficient (Wildman–Crippen LogP) is 3.78. The Bertz CT molecular complexity index is 4250. The van der Waals surface area contributed by atoms with E-state index in [1.807, 2.05) is 6.92 Å². The number of aryl methyl sites for hydroxylation is 4. The molecule has 590 valence electrons. The van der Waals surface area contributed by atoms with Gasteiger partial charge in [0.25, 0.3) is 78.4 Å². The standard InChI is InChI=1S/C61H91N9O29S6/c1-2-18-62-59(71)46-37-51(92-23-5-3-16-49-44-69(67-65-49)21-9-19-63-60(72)47-39-53(94-25-7-8-31-100(74,75)76)57(98-29-14-35-104(86,87)88)54(40-47)95-26-11-32-101(77,78)79)43-52(38-46)93-24-6-4-17-50-45-70(68-66-50)22-10-20-64-61(73)48-41-55(96-27-12-33-102(80,81)82)58(99-30-15-36-105(89,90)91)56(42-48)97-28-13-34-103(83,84)85/h37-45H,2-36H2,1H3,(H,62,71)(H,63,72)(H,64,73)(H,74,75,76)(H,77,78,79)(H,80,81,82)(H,83,84,85)(H,86,87,88)(H,89,90,91). The Morgan fingerprint density at radius 1 is 0.352 bits per heavy atom. The minimum absolute atomic E-state index is 0.000415. The molecule has 5 rings (SSSR count). The van der Waals surface area contributed by atoms with E-state index in [2.05, 4.69) is 36.6 Å². The SMILES string of the molecule is CCCNC(=O)c1cc(OCCCCc2cn(CCCNC(=O)c3cc(OCCCCS(=O)(=O)O)c(OCCCS(=O)(=O)O)c(OCCCS(=O)(=O)O)c3)nn2)cc(OCCCCc2cn(CCCNC(=O)c3cc(OCCCS(=O)(=O)O)c(OCCCS(=O)(=O)O)c(OCCCS(=O)(=O)O)c3)nn2)c1. The Morgan fingerprint density at radius 2 is 0.638 bits per heavy atom. The number of nitrogens with one attached hydrogen (secondary N) is 3. The number of hydrogen-bond acceptors (Lipinski definition) is 27. The zero-order valence-electron chi connectivity index (χ0n) is 57.7. The van der Waals surface area contributed by atoms with Crippen molar-refractivity contribution in [2.75, 3.05) is 107 Å². The van der Waals surface area contributed by atoms with Crippen LogP contribution >= 0.6 is 0 Å². The van der Waals surface area contributed by atoms with Crippen LogP contribution < -0.4 is 53.8 Å². The third-order valence-electron chi connectivity index (χ3n) is 14.4. The van der Waals surface area contributed by atoms with Gasteiger partial charge >= 0.3 is 0 Å². The first-order valence-electron chi connectivity index (χ1n) is 33.4. The van der Waals surface area contributed by atoms with Crippen LogP contribution in [0.3, 0.4) is 0 Å². The molecule has 44 heteroatoms. The van der Waals surface area contributed by atoms with Gasteiger partial charge < -0.3 is 53.8 Å². The van der Waals surface area contributed by atoms with Crippen molar-refractivity contribution < 1.29 is 130 Å². The molecule has 0 radical (unpaired) electrons. The molecule has 0 aliphatic carbocycles. The van der Waals surface area contributed by atoms with E-state index in [9.17, 15) is 83.1 Å². The van der Waals surface area contributed by atoms with Crippen LogP contribution in [-0.2, 0) is 86.6 Å². The number of amides is 3. The molecule has 3 amide bonds. The van der Waals surface area contributed by atoms with Gasteiger partial charge in [-0.1, -0.05) is 17.4 Å². The van der Waals surface area contributed by atoms with Crippen molar-refractivity contribution >= 4 is 78.4 Å². The number of ether oxygens (including phenoxy) is 8. The van der Waals surface area contributed by atoms with Crippen molar-refractivity contribution in [2.45, 2.75) is 123 Å². The van der Waals surface area contributed by atoms with Crippen molar-refractivity contribution in [1.29, 1.82) is 0 Å². The van der Waals surface area contributed by atoms with E-state index in [1.165, 1.54) is 24.3 Å². The highest BCUT2D eigenvalue weighted by Gasteiger charge is 2.24. The van der Waals surface area contributed by atoms with E-state index in [0.717, 1.165) is 6.42 Å². The molecule has 0 fully saturated rings. The van der Waals surface area contributed by atoms with E-state index in [4.69, 9.17) is 47.0 Å². The number of benzene rings is 3. The molecule has 0 atom stereocenters. The molecule has 0 aliphatic heterocycles. The summed E-state index contributed by atoms with van der Waals surface area (Å²) < 4.78 is 241. The van der Waals surface area contributed by atoms with Crippen molar-refractivity contribution in [3.05, 3.63) is 82.9 Å². The number of rotatable bonds is 56. The Labute approximate surface area is 609 Å². The molecule has 105 heavy (non-hydrogen) atoms. The molecule has 0 aliphatic rings. The van der Waals surface area contributed by atoms with Crippen molar-refractivity contribution in [3.63, 3.8) is 0 Å². The van der Waals surface area contributed by atoms with Crippen molar-refractivity contribution in [2.24, 2.45) is 0 Å². The lowest BCUT2D eigenvalue weighted by atomic mass is 10.1. The average molecular weight is 1610 g/mol.